The van der Waals surface area contributed by atoms with Crippen molar-refractivity contribution in [3.8, 4) is 5.75 Å². The Morgan fingerprint density at radius 1 is 0.958 bits per heavy atom. The SMILES string of the molecule is CC(=O)C(Oc1cc(Cl)ccc1Cl)C(=O)Nc1ccc(Cl)c(Cl)c1. The second-order valence-electron chi connectivity index (χ2n) is 4.80. The first-order valence-corrected chi connectivity index (χ1v) is 8.17. The van der Waals surface area contributed by atoms with Gasteiger partial charge in [-0.15, -0.1) is 0 Å². The number of anilines is 1. The van der Waals surface area contributed by atoms with Crippen molar-refractivity contribution in [3.63, 3.8) is 0 Å². The zero-order chi connectivity index (χ0) is 17.9. The summed E-state index contributed by atoms with van der Waals surface area (Å²) in [5.74, 6) is -1.03. The summed E-state index contributed by atoms with van der Waals surface area (Å²) in [5.41, 5.74) is 0.376. The molecule has 24 heavy (non-hydrogen) atoms. The Kier molecular flexibility index (Phi) is 6.35. The van der Waals surface area contributed by atoms with Crippen LogP contribution in [0.2, 0.25) is 20.1 Å². The van der Waals surface area contributed by atoms with Crippen LogP contribution in [0, 0.1) is 0 Å². The average Bonchev–Trinajstić information content (AvgIpc) is 2.51. The molecule has 0 radical (unpaired) electrons. The molecule has 0 spiro atoms. The molecule has 2 rings (SSSR count). The highest BCUT2D eigenvalue weighted by Crippen LogP contribution is 2.29. The van der Waals surface area contributed by atoms with Gasteiger partial charge >= 0.3 is 0 Å². The molecule has 2 aromatic rings. The van der Waals surface area contributed by atoms with Crippen LogP contribution in [0.3, 0.4) is 0 Å². The predicted octanol–water partition coefficient (Wildman–Crippen LogP) is 5.28. The highest BCUT2D eigenvalue weighted by molar-refractivity contribution is 6.42. The number of halogens is 4. The van der Waals surface area contributed by atoms with Gasteiger partial charge in [-0.25, -0.2) is 0 Å². The van der Waals surface area contributed by atoms with Crippen LogP contribution in [0.15, 0.2) is 36.4 Å². The molecule has 0 aliphatic rings. The first-order chi connectivity index (χ1) is 11.3. The smallest absolute Gasteiger partial charge is 0.273 e. The summed E-state index contributed by atoms with van der Waals surface area (Å²) in [6.07, 6.45) is -1.39. The lowest BCUT2D eigenvalue weighted by molar-refractivity contribution is -0.133. The molecule has 1 unspecified atom stereocenters. The van der Waals surface area contributed by atoms with Gasteiger partial charge in [-0.1, -0.05) is 46.4 Å². The van der Waals surface area contributed by atoms with Crippen LogP contribution in [0.25, 0.3) is 0 Å². The van der Waals surface area contributed by atoms with E-state index < -0.39 is 17.8 Å². The largest absolute Gasteiger partial charge is 0.471 e. The molecule has 0 aliphatic carbocycles. The van der Waals surface area contributed by atoms with Crippen molar-refractivity contribution < 1.29 is 14.3 Å². The number of ketones is 1. The van der Waals surface area contributed by atoms with Crippen LogP contribution in [0.1, 0.15) is 6.92 Å². The number of hydrogen-bond donors (Lipinski definition) is 1. The maximum atomic E-state index is 12.3. The van der Waals surface area contributed by atoms with Crippen molar-refractivity contribution in [1.82, 2.24) is 0 Å². The van der Waals surface area contributed by atoms with Gasteiger partial charge in [0.05, 0.1) is 15.1 Å². The molecule has 8 heteroatoms. The Morgan fingerprint density at radius 2 is 1.62 bits per heavy atom. The van der Waals surface area contributed by atoms with Crippen molar-refractivity contribution in [3.05, 3.63) is 56.5 Å². The molecule has 126 valence electrons. The van der Waals surface area contributed by atoms with Crippen molar-refractivity contribution in [1.29, 1.82) is 0 Å². The minimum atomic E-state index is -1.39. The second kappa shape index (κ2) is 8.08. The van der Waals surface area contributed by atoms with E-state index in [4.69, 9.17) is 51.1 Å². The standard InChI is InChI=1S/C16H11Cl4NO3/c1-8(22)15(24-14-6-9(17)2-4-12(14)19)16(23)21-10-3-5-11(18)13(20)7-10/h2-7,15H,1H3,(H,21,23). The summed E-state index contributed by atoms with van der Waals surface area (Å²) < 4.78 is 5.44. The maximum Gasteiger partial charge on any atom is 0.273 e. The quantitative estimate of drug-likeness (QED) is 0.687. The van der Waals surface area contributed by atoms with E-state index in [1.54, 1.807) is 12.1 Å². The van der Waals surface area contributed by atoms with Crippen LogP contribution in [-0.4, -0.2) is 17.8 Å². The minimum Gasteiger partial charge on any atom is -0.471 e. The Bertz CT molecular complexity index is 795. The van der Waals surface area contributed by atoms with Crippen molar-refractivity contribution in [2.75, 3.05) is 5.32 Å². The van der Waals surface area contributed by atoms with Crippen LogP contribution in [0.4, 0.5) is 5.69 Å². The van der Waals surface area contributed by atoms with E-state index in [2.05, 4.69) is 5.32 Å². The molecular weight excluding hydrogens is 396 g/mol. The van der Waals surface area contributed by atoms with Gasteiger partial charge in [-0.05, 0) is 37.3 Å². The van der Waals surface area contributed by atoms with Gasteiger partial charge in [0.2, 0.25) is 6.10 Å². The molecule has 2 aromatic carbocycles. The number of benzene rings is 2. The van der Waals surface area contributed by atoms with E-state index in [-0.39, 0.29) is 15.8 Å². The summed E-state index contributed by atoms with van der Waals surface area (Å²) in [6, 6.07) is 9.03. The fourth-order valence-corrected chi connectivity index (χ4v) is 2.42. The second-order valence-corrected chi connectivity index (χ2v) is 6.46. The fourth-order valence-electron chi connectivity index (χ4n) is 1.80. The molecular formula is C16H11Cl4NO3. The number of carbonyl (C=O) groups is 2. The molecule has 0 bridgehead atoms. The third-order valence-electron chi connectivity index (χ3n) is 2.93. The molecule has 1 atom stereocenters. The summed E-state index contributed by atoms with van der Waals surface area (Å²) in [6.45, 7) is 1.23. The first kappa shape index (κ1) is 18.9. The van der Waals surface area contributed by atoms with E-state index in [1.165, 1.54) is 31.2 Å². The lowest BCUT2D eigenvalue weighted by Crippen LogP contribution is -2.38. The number of nitrogens with one attached hydrogen (secondary N) is 1. The average molecular weight is 407 g/mol. The Morgan fingerprint density at radius 3 is 2.25 bits per heavy atom. The Balaban J connectivity index is 2.20. The van der Waals surface area contributed by atoms with E-state index >= 15 is 0 Å². The molecule has 1 amide bonds. The summed E-state index contributed by atoms with van der Waals surface area (Å²) >= 11 is 23.6. The van der Waals surface area contributed by atoms with E-state index in [0.29, 0.717) is 15.7 Å². The van der Waals surface area contributed by atoms with Crippen LogP contribution in [0.5, 0.6) is 5.75 Å². The van der Waals surface area contributed by atoms with Gasteiger partial charge < -0.3 is 10.1 Å². The van der Waals surface area contributed by atoms with Gasteiger partial charge in [0.1, 0.15) is 5.75 Å². The molecule has 0 aliphatic heterocycles. The molecule has 0 heterocycles. The van der Waals surface area contributed by atoms with Crippen molar-refractivity contribution >= 4 is 63.8 Å². The van der Waals surface area contributed by atoms with Gasteiger partial charge in [-0.2, -0.15) is 0 Å². The fraction of sp³-hybridized carbons (Fsp3) is 0.125. The number of ether oxygens (including phenoxy) is 1. The molecule has 0 saturated carbocycles. The Labute approximate surface area is 158 Å². The summed E-state index contributed by atoms with van der Waals surface area (Å²) in [5, 5.41) is 3.75. The topological polar surface area (TPSA) is 55.4 Å². The summed E-state index contributed by atoms with van der Waals surface area (Å²) in [7, 11) is 0. The highest BCUT2D eigenvalue weighted by atomic mass is 35.5. The lowest BCUT2D eigenvalue weighted by Gasteiger charge is -2.17. The molecule has 0 aromatic heterocycles. The van der Waals surface area contributed by atoms with E-state index in [9.17, 15) is 9.59 Å². The van der Waals surface area contributed by atoms with Gasteiger partial charge in [0.25, 0.3) is 5.91 Å². The highest BCUT2D eigenvalue weighted by Gasteiger charge is 2.26. The molecule has 4 nitrogen and oxygen atoms in total. The number of Topliss-reactive ketones (excluding diaryl/α,β-unsaturated/α-hetero) is 1. The minimum absolute atomic E-state index is 0.133. The third kappa shape index (κ3) is 4.77. The number of rotatable bonds is 5. The van der Waals surface area contributed by atoms with E-state index in [0.717, 1.165) is 0 Å². The summed E-state index contributed by atoms with van der Waals surface area (Å²) in [4.78, 5) is 24.1. The molecule has 0 fully saturated rings. The Hall–Kier alpha value is -1.46. The normalized spacial score (nSPS) is 11.7. The predicted molar refractivity (Wildman–Crippen MR) is 96.7 cm³/mol. The van der Waals surface area contributed by atoms with Gasteiger partial charge in [-0.3, -0.25) is 9.59 Å². The first-order valence-electron chi connectivity index (χ1n) is 6.66. The number of carbonyl (C=O) groups excluding carboxylic acids is 2. The van der Waals surface area contributed by atoms with Crippen molar-refractivity contribution in [2.45, 2.75) is 13.0 Å². The number of amides is 1. The zero-order valence-electron chi connectivity index (χ0n) is 12.3. The van der Waals surface area contributed by atoms with Gasteiger partial charge in [0, 0.05) is 16.8 Å². The molecule has 1 N–H and O–H groups in total. The zero-order valence-corrected chi connectivity index (χ0v) is 15.3. The van der Waals surface area contributed by atoms with Crippen LogP contribution >= 0.6 is 46.4 Å². The number of hydrogen-bond acceptors (Lipinski definition) is 3. The van der Waals surface area contributed by atoms with Crippen LogP contribution < -0.4 is 10.1 Å². The van der Waals surface area contributed by atoms with E-state index in [1.807, 2.05) is 0 Å². The van der Waals surface area contributed by atoms with Gasteiger partial charge in [0.15, 0.2) is 5.78 Å². The lowest BCUT2D eigenvalue weighted by atomic mass is 10.2. The monoisotopic (exact) mass is 405 g/mol. The molecule has 0 saturated heterocycles. The third-order valence-corrected chi connectivity index (χ3v) is 4.22. The van der Waals surface area contributed by atoms with Crippen molar-refractivity contribution in [2.24, 2.45) is 0 Å². The van der Waals surface area contributed by atoms with Crippen LogP contribution in [-0.2, 0) is 9.59 Å². The maximum absolute atomic E-state index is 12.3.